The summed E-state index contributed by atoms with van der Waals surface area (Å²) < 4.78 is 0. The average molecular weight is 313 g/mol. The molecule has 5 heteroatoms. The Kier molecular flexibility index (Phi) is 4.65. The lowest BCUT2D eigenvalue weighted by molar-refractivity contribution is -0.0431. The van der Waals surface area contributed by atoms with E-state index in [0.29, 0.717) is 30.8 Å². The second kappa shape index (κ2) is 6.69. The Balaban J connectivity index is 1.72. The van der Waals surface area contributed by atoms with Gasteiger partial charge < -0.3 is 14.9 Å². The predicted octanol–water partition coefficient (Wildman–Crippen LogP) is 1.62. The van der Waals surface area contributed by atoms with Gasteiger partial charge in [0.1, 0.15) is 0 Å². The van der Waals surface area contributed by atoms with Gasteiger partial charge in [-0.2, -0.15) is 5.26 Å². The molecule has 1 aromatic carbocycles. The van der Waals surface area contributed by atoms with Crippen LogP contribution in [0.5, 0.6) is 0 Å². The molecule has 0 bridgehead atoms. The van der Waals surface area contributed by atoms with E-state index in [-0.39, 0.29) is 5.91 Å². The van der Waals surface area contributed by atoms with Crippen LogP contribution in [-0.4, -0.2) is 59.1 Å². The molecule has 3 rings (SSSR count). The maximum absolute atomic E-state index is 12.8. The lowest BCUT2D eigenvalue weighted by Gasteiger charge is -2.41. The first-order valence-electron chi connectivity index (χ1n) is 8.34. The summed E-state index contributed by atoms with van der Waals surface area (Å²) >= 11 is 0. The van der Waals surface area contributed by atoms with Gasteiger partial charge in [0.05, 0.1) is 29.3 Å². The number of carbonyl (C=O) groups is 1. The topological polar surface area (TPSA) is 67.6 Å². The highest BCUT2D eigenvalue weighted by Gasteiger charge is 2.37. The van der Waals surface area contributed by atoms with Gasteiger partial charge in [-0.3, -0.25) is 4.79 Å². The van der Waals surface area contributed by atoms with Gasteiger partial charge in [0.15, 0.2) is 0 Å². The van der Waals surface area contributed by atoms with E-state index in [1.165, 1.54) is 12.8 Å². The third kappa shape index (κ3) is 3.54. The summed E-state index contributed by atoms with van der Waals surface area (Å²) in [6, 6.07) is 8.96. The number of hydrogen-bond acceptors (Lipinski definition) is 4. The lowest BCUT2D eigenvalue weighted by atomic mass is 9.91. The molecule has 0 saturated carbocycles. The Bertz CT molecular complexity index is 619. The van der Waals surface area contributed by atoms with Crippen molar-refractivity contribution >= 4 is 5.91 Å². The van der Waals surface area contributed by atoms with Crippen molar-refractivity contribution in [3.05, 3.63) is 35.4 Å². The van der Waals surface area contributed by atoms with Crippen molar-refractivity contribution in [3.63, 3.8) is 0 Å². The molecular weight excluding hydrogens is 290 g/mol. The van der Waals surface area contributed by atoms with E-state index >= 15 is 0 Å². The first-order valence-corrected chi connectivity index (χ1v) is 8.34. The van der Waals surface area contributed by atoms with Crippen molar-refractivity contribution < 1.29 is 9.90 Å². The summed E-state index contributed by atoms with van der Waals surface area (Å²) in [6.07, 6.45) is 3.90. The first-order chi connectivity index (χ1) is 11.1. The highest BCUT2D eigenvalue weighted by Crippen LogP contribution is 2.25. The molecule has 0 radical (unpaired) electrons. The van der Waals surface area contributed by atoms with E-state index < -0.39 is 5.60 Å². The summed E-state index contributed by atoms with van der Waals surface area (Å²) in [5.41, 5.74) is -0.00796. The summed E-state index contributed by atoms with van der Waals surface area (Å²) in [4.78, 5) is 16.7. The van der Waals surface area contributed by atoms with E-state index in [0.717, 1.165) is 25.9 Å². The van der Waals surface area contributed by atoms with E-state index in [1.807, 2.05) is 0 Å². The van der Waals surface area contributed by atoms with Gasteiger partial charge in [0.25, 0.3) is 5.91 Å². The van der Waals surface area contributed by atoms with Crippen LogP contribution < -0.4 is 0 Å². The number of benzene rings is 1. The first kappa shape index (κ1) is 16.0. The van der Waals surface area contributed by atoms with Crippen molar-refractivity contribution in [2.24, 2.45) is 0 Å². The maximum atomic E-state index is 12.8. The van der Waals surface area contributed by atoms with Crippen LogP contribution in [0, 0.1) is 11.3 Å². The zero-order chi connectivity index (χ0) is 16.3. The molecular formula is C18H23N3O2. The van der Waals surface area contributed by atoms with Crippen LogP contribution in [0.1, 0.15) is 41.6 Å². The number of carbonyl (C=O) groups excluding carboxylic acids is 1. The number of rotatable bonds is 3. The normalized spacial score (nSPS) is 25.3. The standard InChI is InChI=1S/C18H23N3O2/c19-12-15-6-1-2-7-16(15)17(22)21-11-5-8-18(23,14-21)13-20-9-3-4-10-20/h1-2,6-7,23H,3-5,8-11,13-14H2. The molecule has 1 aromatic rings. The maximum Gasteiger partial charge on any atom is 0.255 e. The van der Waals surface area contributed by atoms with E-state index in [1.54, 1.807) is 29.2 Å². The fraction of sp³-hybridized carbons (Fsp3) is 0.556. The molecule has 0 aliphatic carbocycles. The van der Waals surface area contributed by atoms with Gasteiger partial charge in [-0.05, 0) is 50.9 Å². The third-order valence-electron chi connectivity index (χ3n) is 4.84. The number of nitriles is 1. The molecule has 23 heavy (non-hydrogen) atoms. The zero-order valence-corrected chi connectivity index (χ0v) is 13.4. The quantitative estimate of drug-likeness (QED) is 0.921. The Morgan fingerprint density at radius 3 is 2.70 bits per heavy atom. The molecule has 1 amide bonds. The number of aliphatic hydroxyl groups is 1. The minimum atomic E-state index is -0.833. The van der Waals surface area contributed by atoms with Crippen molar-refractivity contribution in [2.75, 3.05) is 32.7 Å². The number of hydrogen-bond donors (Lipinski definition) is 1. The molecule has 1 unspecified atom stereocenters. The van der Waals surface area contributed by atoms with Gasteiger partial charge >= 0.3 is 0 Å². The number of amides is 1. The van der Waals surface area contributed by atoms with Crippen molar-refractivity contribution in [1.82, 2.24) is 9.80 Å². The number of likely N-dealkylation sites (tertiary alicyclic amines) is 2. The molecule has 2 saturated heterocycles. The highest BCUT2D eigenvalue weighted by molar-refractivity contribution is 5.96. The van der Waals surface area contributed by atoms with E-state index in [4.69, 9.17) is 0 Å². The average Bonchev–Trinajstić information content (AvgIpc) is 3.06. The molecule has 2 aliphatic rings. The Labute approximate surface area is 137 Å². The van der Waals surface area contributed by atoms with Crippen LogP contribution in [0.15, 0.2) is 24.3 Å². The highest BCUT2D eigenvalue weighted by atomic mass is 16.3. The molecule has 0 spiro atoms. The Morgan fingerprint density at radius 1 is 1.22 bits per heavy atom. The monoisotopic (exact) mass is 313 g/mol. The third-order valence-corrected chi connectivity index (χ3v) is 4.84. The fourth-order valence-electron chi connectivity index (χ4n) is 3.71. The number of nitrogens with zero attached hydrogens (tertiary/aromatic N) is 3. The predicted molar refractivity (Wildman–Crippen MR) is 86.9 cm³/mol. The van der Waals surface area contributed by atoms with Crippen LogP contribution in [-0.2, 0) is 0 Å². The molecule has 5 nitrogen and oxygen atoms in total. The molecule has 0 aromatic heterocycles. The summed E-state index contributed by atoms with van der Waals surface area (Å²) in [5, 5.41) is 20.1. The van der Waals surface area contributed by atoms with Gasteiger partial charge in [0, 0.05) is 13.1 Å². The molecule has 122 valence electrons. The fourth-order valence-corrected chi connectivity index (χ4v) is 3.71. The molecule has 2 heterocycles. The Morgan fingerprint density at radius 2 is 1.96 bits per heavy atom. The summed E-state index contributed by atoms with van der Waals surface area (Å²) in [5.74, 6) is -0.151. The minimum Gasteiger partial charge on any atom is -0.387 e. The minimum absolute atomic E-state index is 0.151. The van der Waals surface area contributed by atoms with Crippen LogP contribution in [0.3, 0.4) is 0 Å². The van der Waals surface area contributed by atoms with Crippen LogP contribution in [0.25, 0.3) is 0 Å². The second-order valence-corrected chi connectivity index (χ2v) is 6.70. The van der Waals surface area contributed by atoms with Gasteiger partial charge in [-0.25, -0.2) is 0 Å². The molecule has 2 fully saturated rings. The zero-order valence-electron chi connectivity index (χ0n) is 13.4. The Hall–Kier alpha value is -1.90. The molecule has 2 aliphatic heterocycles. The number of β-amino-alcohol motifs (C(OH)–C–C–N with tert-alkyl or cyclic N) is 1. The second-order valence-electron chi connectivity index (χ2n) is 6.70. The SMILES string of the molecule is N#Cc1ccccc1C(=O)N1CCCC(O)(CN2CCCC2)C1. The van der Waals surface area contributed by atoms with E-state index in [2.05, 4.69) is 11.0 Å². The van der Waals surface area contributed by atoms with Crippen molar-refractivity contribution in [3.8, 4) is 6.07 Å². The smallest absolute Gasteiger partial charge is 0.255 e. The van der Waals surface area contributed by atoms with Crippen LogP contribution >= 0.6 is 0 Å². The summed E-state index contributed by atoms with van der Waals surface area (Å²) in [6.45, 7) is 3.70. The van der Waals surface area contributed by atoms with Gasteiger partial charge in [-0.1, -0.05) is 12.1 Å². The van der Waals surface area contributed by atoms with Crippen molar-refractivity contribution in [2.45, 2.75) is 31.3 Å². The molecule has 1 atom stereocenters. The van der Waals surface area contributed by atoms with Gasteiger partial charge in [0.2, 0.25) is 0 Å². The molecule has 1 N–H and O–H groups in total. The summed E-state index contributed by atoms with van der Waals surface area (Å²) in [7, 11) is 0. The van der Waals surface area contributed by atoms with Gasteiger partial charge in [-0.15, -0.1) is 0 Å². The largest absolute Gasteiger partial charge is 0.387 e. The van der Waals surface area contributed by atoms with Crippen LogP contribution in [0.2, 0.25) is 0 Å². The lowest BCUT2D eigenvalue weighted by Crippen LogP contribution is -2.55. The number of piperidine rings is 1. The van der Waals surface area contributed by atoms with Crippen molar-refractivity contribution in [1.29, 1.82) is 5.26 Å². The van der Waals surface area contributed by atoms with Crippen LogP contribution in [0.4, 0.5) is 0 Å². The van der Waals surface area contributed by atoms with E-state index in [9.17, 15) is 15.2 Å².